The summed E-state index contributed by atoms with van der Waals surface area (Å²) in [7, 11) is 1.67. The summed E-state index contributed by atoms with van der Waals surface area (Å²) >= 11 is 0. The molecule has 1 unspecified atom stereocenters. The molecular formula is C17H22N2O. The van der Waals surface area contributed by atoms with Crippen molar-refractivity contribution in [2.75, 3.05) is 19.0 Å². The number of aryl methyl sites for hydroxylation is 2. The van der Waals surface area contributed by atoms with Crippen molar-refractivity contribution in [3.05, 3.63) is 59.2 Å². The Bertz CT molecular complexity index is 561. The molecule has 106 valence electrons. The van der Waals surface area contributed by atoms with Gasteiger partial charge in [-0.15, -0.1) is 0 Å². The standard InChI is InChI=1S/C17H22N2O/c1-12-6-4-7-13(2)17(12)16(11-18)19-14-8-5-9-15(10-14)20-3/h4-10,16,19H,11,18H2,1-3H3. The van der Waals surface area contributed by atoms with E-state index in [1.165, 1.54) is 16.7 Å². The molecule has 0 amide bonds. The zero-order valence-electron chi connectivity index (χ0n) is 12.3. The minimum Gasteiger partial charge on any atom is -0.497 e. The number of nitrogens with two attached hydrogens (primary N) is 1. The second kappa shape index (κ2) is 6.44. The lowest BCUT2D eigenvalue weighted by Crippen LogP contribution is -2.22. The van der Waals surface area contributed by atoms with Crippen LogP contribution in [0.4, 0.5) is 5.69 Å². The first-order valence-electron chi connectivity index (χ1n) is 6.82. The van der Waals surface area contributed by atoms with Gasteiger partial charge in [-0.25, -0.2) is 0 Å². The lowest BCUT2D eigenvalue weighted by molar-refractivity contribution is 0.415. The van der Waals surface area contributed by atoms with Crippen LogP contribution in [0.15, 0.2) is 42.5 Å². The third-order valence-electron chi connectivity index (χ3n) is 3.54. The smallest absolute Gasteiger partial charge is 0.120 e. The van der Waals surface area contributed by atoms with E-state index in [1.807, 2.05) is 24.3 Å². The first-order valence-corrected chi connectivity index (χ1v) is 6.82. The predicted molar refractivity (Wildman–Crippen MR) is 84.3 cm³/mol. The fourth-order valence-corrected chi connectivity index (χ4v) is 2.54. The minimum atomic E-state index is 0.100. The molecule has 3 heteroatoms. The molecule has 0 aliphatic rings. The largest absolute Gasteiger partial charge is 0.497 e. The van der Waals surface area contributed by atoms with E-state index in [1.54, 1.807) is 7.11 Å². The van der Waals surface area contributed by atoms with Crippen molar-refractivity contribution in [2.24, 2.45) is 5.73 Å². The van der Waals surface area contributed by atoms with Gasteiger partial charge in [0.05, 0.1) is 13.2 Å². The van der Waals surface area contributed by atoms with Crippen LogP contribution in [-0.4, -0.2) is 13.7 Å². The van der Waals surface area contributed by atoms with Crippen molar-refractivity contribution in [3.63, 3.8) is 0 Å². The summed E-state index contributed by atoms with van der Waals surface area (Å²) in [6.45, 7) is 4.79. The Labute approximate surface area is 120 Å². The summed E-state index contributed by atoms with van der Waals surface area (Å²) in [6, 6.07) is 14.3. The molecule has 2 rings (SSSR count). The van der Waals surface area contributed by atoms with Gasteiger partial charge in [-0.1, -0.05) is 24.3 Å². The predicted octanol–water partition coefficient (Wildman–Crippen LogP) is 3.42. The quantitative estimate of drug-likeness (QED) is 0.875. The Kier molecular flexibility index (Phi) is 4.64. The normalized spacial score (nSPS) is 12.0. The number of benzene rings is 2. The van der Waals surface area contributed by atoms with Crippen LogP contribution in [0.3, 0.4) is 0 Å². The lowest BCUT2D eigenvalue weighted by atomic mass is 9.96. The summed E-state index contributed by atoms with van der Waals surface area (Å²) in [5.41, 5.74) is 10.8. The molecule has 3 nitrogen and oxygen atoms in total. The molecule has 0 radical (unpaired) electrons. The summed E-state index contributed by atoms with van der Waals surface area (Å²) in [4.78, 5) is 0. The maximum absolute atomic E-state index is 5.97. The summed E-state index contributed by atoms with van der Waals surface area (Å²) in [6.07, 6.45) is 0. The highest BCUT2D eigenvalue weighted by Crippen LogP contribution is 2.26. The topological polar surface area (TPSA) is 47.3 Å². The van der Waals surface area contributed by atoms with Crippen molar-refractivity contribution in [1.29, 1.82) is 0 Å². The Hall–Kier alpha value is -2.00. The monoisotopic (exact) mass is 270 g/mol. The number of methoxy groups -OCH3 is 1. The van der Waals surface area contributed by atoms with Gasteiger partial charge in [0.2, 0.25) is 0 Å². The van der Waals surface area contributed by atoms with Crippen molar-refractivity contribution in [3.8, 4) is 5.75 Å². The maximum Gasteiger partial charge on any atom is 0.120 e. The van der Waals surface area contributed by atoms with E-state index in [0.717, 1.165) is 11.4 Å². The first-order chi connectivity index (χ1) is 9.65. The van der Waals surface area contributed by atoms with Crippen LogP contribution >= 0.6 is 0 Å². The SMILES string of the molecule is COc1cccc(NC(CN)c2c(C)cccc2C)c1. The average molecular weight is 270 g/mol. The van der Waals surface area contributed by atoms with E-state index < -0.39 is 0 Å². The van der Waals surface area contributed by atoms with Gasteiger partial charge < -0.3 is 15.8 Å². The van der Waals surface area contributed by atoms with Gasteiger partial charge in [-0.2, -0.15) is 0 Å². The van der Waals surface area contributed by atoms with E-state index in [0.29, 0.717) is 6.54 Å². The zero-order chi connectivity index (χ0) is 14.5. The Morgan fingerprint density at radius 1 is 1.10 bits per heavy atom. The molecule has 0 spiro atoms. The van der Waals surface area contributed by atoms with Crippen LogP contribution in [0, 0.1) is 13.8 Å². The fourth-order valence-electron chi connectivity index (χ4n) is 2.54. The highest BCUT2D eigenvalue weighted by atomic mass is 16.5. The van der Waals surface area contributed by atoms with Crippen molar-refractivity contribution < 1.29 is 4.74 Å². The van der Waals surface area contributed by atoms with Gasteiger partial charge in [0.1, 0.15) is 5.75 Å². The fraction of sp³-hybridized carbons (Fsp3) is 0.294. The lowest BCUT2D eigenvalue weighted by Gasteiger charge is -2.22. The molecule has 0 aromatic heterocycles. The first kappa shape index (κ1) is 14.4. The Balaban J connectivity index is 2.29. The second-order valence-corrected chi connectivity index (χ2v) is 4.97. The Morgan fingerprint density at radius 3 is 2.35 bits per heavy atom. The molecule has 2 aromatic carbocycles. The van der Waals surface area contributed by atoms with Crippen LogP contribution in [-0.2, 0) is 0 Å². The van der Waals surface area contributed by atoms with E-state index >= 15 is 0 Å². The summed E-state index contributed by atoms with van der Waals surface area (Å²) in [5, 5.41) is 3.50. The number of rotatable bonds is 5. The molecule has 3 N–H and O–H groups in total. The molecule has 0 aliphatic carbocycles. The van der Waals surface area contributed by atoms with Crippen LogP contribution < -0.4 is 15.8 Å². The van der Waals surface area contributed by atoms with Gasteiger partial charge in [0.15, 0.2) is 0 Å². The molecule has 1 atom stereocenters. The van der Waals surface area contributed by atoms with Crippen molar-refractivity contribution >= 4 is 5.69 Å². The van der Waals surface area contributed by atoms with Gasteiger partial charge in [-0.3, -0.25) is 0 Å². The van der Waals surface area contributed by atoms with E-state index in [9.17, 15) is 0 Å². The van der Waals surface area contributed by atoms with E-state index in [-0.39, 0.29) is 6.04 Å². The maximum atomic E-state index is 5.97. The average Bonchev–Trinajstić information content (AvgIpc) is 2.46. The van der Waals surface area contributed by atoms with Crippen LogP contribution in [0.2, 0.25) is 0 Å². The molecule has 20 heavy (non-hydrogen) atoms. The number of ether oxygens (including phenoxy) is 1. The summed E-state index contributed by atoms with van der Waals surface area (Å²) < 4.78 is 5.25. The van der Waals surface area contributed by atoms with E-state index in [4.69, 9.17) is 10.5 Å². The van der Waals surface area contributed by atoms with E-state index in [2.05, 4.69) is 37.4 Å². The number of anilines is 1. The van der Waals surface area contributed by atoms with Gasteiger partial charge in [0, 0.05) is 18.3 Å². The molecule has 0 aliphatic heterocycles. The summed E-state index contributed by atoms with van der Waals surface area (Å²) in [5.74, 6) is 0.840. The van der Waals surface area contributed by atoms with Crippen LogP contribution in [0.1, 0.15) is 22.7 Å². The highest BCUT2D eigenvalue weighted by Gasteiger charge is 2.14. The molecule has 0 fully saturated rings. The third-order valence-corrected chi connectivity index (χ3v) is 3.54. The van der Waals surface area contributed by atoms with Gasteiger partial charge in [-0.05, 0) is 42.7 Å². The van der Waals surface area contributed by atoms with Gasteiger partial charge in [0.25, 0.3) is 0 Å². The van der Waals surface area contributed by atoms with Crippen LogP contribution in [0.25, 0.3) is 0 Å². The number of hydrogen-bond donors (Lipinski definition) is 2. The van der Waals surface area contributed by atoms with Crippen molar-refractivity contribution in [1.82, 2.24) is 0 Å². The Morgan fingerprint density at radius 2 is 1.75 bits per heavy atom. The number of hydrogen-bond acceptors (Lipinski definition) is 3. The molecule has 0 saturated heterocycles. The zero-order valence-corrected chi connectivity index (χ0v) is 12.3. The molecule has 0 bridgehead atoms. The van der Waals surface area contributed by atoms with Crippen LogP contribution in [0.5, 0.6) is 5.75 Å². The number of nitrogens with one attached hydrogen (secondary N) is 1. The second-order valence-electron chi connectivity index (χ2n) is 4.97. The molecule has 0 heterocycles. The molecule has 2 aromatic rings. The minimum absolute atomic E-state index is 0.100. The third kappa shape index (κ3) is 3.11. The van der Waals surface area contributed by atoms with Gasteiger partial charge >= 0.3 is 0 Å². The molecular weight excluding hydrogens is 248 g/mol. The highest BCUT2D eigenvalue weighted by molar-refractivity contribution is 5.51. The van der Waals surface area contributed by atoms with Crippen molar-refractivity contribution in [2.45, 2.75) is 19.9 Å². The molecule has 0 saturated carbocycles.